The molecule has 0 saturated heterocycles. The van der Waals surface area contributed by atoms with Crippen molar-refractivity contribution in [2.45, 2.75) is 6.61 Å². The molecule has 0 fully saturated rings. The smallest absolute Gasteiger partial charge is 0.235 e. The Kier molecular flexibility index (Phi) is 4.37. The van der Waals surface area contributed by atoms with Crippen LogP contribution in [0.4, 0.5) is 0 Å². The van der Waals surface area contributed by atoms with Gasteiger partial charge >= 0.3 is 0 Å². The van der Waals surface area contributed by atoms with Gasteiger partial charge in [0.15, 0.2) is 11.3 Å². The molecule has 0 saturated carbocycles. The van der Waals surface area contributed by atoms with Gasteiger partial charge in [-0.25, -0.2) is 4.98 Å². The maximum absolute atomic E-state index is 9.18. The topological polar surface area (TPSA) is 55.1 Å². The number of hydrogen-bond donors (Lipinski definition) is 0. The predicted octanol–water partition coefficient (Wildman–Crippen LogP) is 3.30. The van der Waals surface area contributed by atoms with Crippen molar-refractivity contribution in [2.24, 2.45) is 0 Å². The molecule has 1 aromatic heterocycles. The number of pyridine rings is 1. The van der Waals surface area contributed by atoms with Gasteiger partial charge in [-0.2, -0.15) is 5.26 Å². The van der Waals surface area contributed by atoms with E-state index in [2.05, 4.69) is 20.9 Å². The van der Waals surface area contributed by atoms with Crippen LogP contribution in [0.2, 0.25) is 0 Å². The van der Waals surface area contributed by atoms with Crippen molar-refractivity contribution in [3.8, 4) is 17.7 Å². The third kappa shape index (κ3) is 3.04. The minimum atomic E-state index is 0.270. The lowest BCUT2D eigenvalue weighted by Crippen LogP contribution is -2.01. The molecule has 0 N–H and O–H groups in total. The summed E-state index contributed by atoms with van der Waals surface area (Å²) in [6.07, 6.45) is 1.56. The highest BCUT2D eigenvalue weighted by Crippen LogP contribution is 2.33. The molecule has 2 rings (SSSR count). The molecule has 0 aliphatic carbocycles. The predicted molar refractivity (Wildman–Crippen MR) is 74.0 cm³/mol. The molecule has 0 aliphatic rings. The lowest BCUT2D eigenvalue weighted by Gasteiger charge is -2.10. The molecule has 0 bridgehead atoms. The lowest BCUT2D eigenvalue weighted by atomic mass is 10.2. The van der Waals surface area contributed by atoms with Crippen LogP contribution in [0.1, 0.15) is 11.1 Å². The zero-order valence-electron chi connectivity index (χ0n) is 10.3. The minimum Gasteiger partial charge on any atom is -0.494 e. The second-order valence-electron chi connectivity index (χ2n) is 3.71. The molecular formula is C14H11BrN2O2. The second-order valence-corrected chi connectivity index (χ2v) is 4.56. The molecular weight excluding hydrogens is 308 g/mol. The van der Waals surface area contributed by atoms with Gasteiger partial charge in [-0.1, -0.05) is 30.3 Å². The van der Waals surface area contributed by atoms with Gasteiger partial charge in [-0.15, -0.1) is 0 Å². The van der Waals surface area contributed by atoms with Gasteiger partial charge in [0.25, 0.3) is 0 Å². The Morgan fingerprint density at radius 2 is 2.05 bits per heavy atom. The summed E-state index contributed by atoms with van der Waals surface area (Å²) in [7, 11) is 1.50. The molecule has 96 valence electrons. The van der Waals surface area contributed by atoms with E-state index in [9.17, 15) is 5.26 Å². The first-order valence-electron chi connectivity index (χ1n) is 5.55. The van der Waals surface area contributed by atoms with Crippen LogP contribution >= 0.6 is 15.9 Å². The molecule has 0 radical (unpaired) electrons. The Morgan fingerprint density at radius 3 is 2.68 bits per heavy atom. The first-order valence-corrected chi connectivity index (χ1v) is 6.35. The maximum Gasteiger partial charge on any atom is 0.235 e. The van der Waals surface area contributed by atoms with Crippen LogP contribution in [0.25, 0.3) is 0 Å². The van der Waals surface area contributed by atoms with Crippen molar-refractivity contribution < 1.29 is 9.47 Å². The Balaban J connectivity index is 2.24. The standard InChI is InChI=1S/C14H11BrN2O2/c1-18-13-11(7-16)14(17-8-12(13)15)19-9-10-5-3-2-4-6-10/h2-6,8H,9H2,1H3. The number of ether oxygens (including phenoxy) is 2. The highest BCUT2D eigenvalue weighted by Gasteiger charge is 2.15. The van der Waals surface area contributed by atoms with Crippen LogP contribution in [-0.4, -0.2) is 12.1 Å². The fraction of sp³-hybridized carbons (Fsp3) is 0.143. The number of nitriles is 1. The summed E-state index contributed by atoms with van der Waals surface area (Å²) in [5.74, 6) is 0.701. The Labute approximate surface area is 119 Å². The quantitative estimate of drug-likeness (QED) is 0.867. The third-order valence-electron chi connectivity index (χ3n) is 2.49. The maximum atomic E-state index is 9.18. The van der Waals surface area contributed by atoms with E-state index in [-0.39, 0.29) is 11.4 Å². The average Bonchev–Trinajstić information content (AvgIpc) is 2.46. The summed E-state index contributed by atoms with van der Waals surface area (Å²) in [6, 6.07) is 11.7. The van der Waals surface area contributed by atoms with Gasteiger partial charge in [0.1, 0.15) is 12.7 Å². The molecule has 1 heterocycles. The fourth-order valence-electron chi connectivity index (χ4n) is 1.59. The molecule has 1 aromatic carbocycles. The average molecular weight is 319 g/mol. The number of aromatic nitrogens is 1. The van der Waals surface area contributed by atoms with E-state index < -0.39 is 0 Å². The van der Waals surface area contributed by atoms with Crippen molar-refractivity contribution in [2.75, 3.05) is 7.11 Å². The highest BCUT2D eigenvalue weighted by atomic mass is 79.9. The first kappa shape index (κ1) is 13.4. The van der Waals surface area contributed by atoms with Crippen LogP contribution < -0.4 is 9.47 Å². The zero-order chi connectivity index (χ0) is 13.7. The molecule has 0 aliphatic heterocycles. The van der Waals surface area contributed by atoms with Crippen molar-refractivity contribution in [1.29, 1.82) is 5.26 Å². The van der Waals surface area contributed by atoms with Crippen molar-refractivity contribution >= 4 is 15.9 Å². The van der Waals surface area contributed by atoms with Gasteiger partial charge < -0.3 is 9.47 Å². The number of methoxy groups -OCH3 is 1. The number of hydrogen-bond acceptors (Lipinski definition) is 4. The van der Waals surface area contributed by atoms with E-state index in [1.807, 2.05) is 36.4 Å². The molecule has 0 unspecified atom stereocenters. The van der Waals surface area contributed by atoms with Crippen molar-refractivity contribution in [3.63, 3.8) is 0 Å². The summed E-state index contributed by atoms with van der Waals surface area (Å²) in [6.45, 7) is 0.354. The van der Waals surface area contributed by atoms with Gasteiger partial charge in [0, 0.05) is 6.20 Å². The second kappa shape index (κ2) is 6.21. The largest absolute Gasteiger partial charge is 0.494 e. The first-order chi connectivity index (χ1) is 9.26. The summed E-state index contributed by atoms with van der Waals surface area (Å²) < 4.78 is 11.4. The highest BCUT2D eigenvalue weighted by molar-refractivity contribution is 9.10. The van der Waals surface area contributed by atoms with Gasteiger partial charge in [-0.3, -0.25) is 0 Å². The molecule has 19 heavy (non-hydrogen) atoms. The zero-order valence-corrected chi connectivity index (χ0v) is 11.8. The molecule has 5 heteroatoms. The molecule has 0 spiro atoms. The van der Waals surface area contributed by atoms with E-state index in [0.717, 1.165) is 5.56 Å². The molecule has 2 aromatic rings. The molecule has 4 nitrogen and oxygen atoms in total. The third-order valence-corrected chi connectivity index (χ3v) is 3.05. The normalized spacial score (nSPS) is 9.74. The van der Waals surface area contributed by atoms with Crippen molar-refractivity contribution in [1.82, 2.24) is 4.98 Å². The number of rotatable bonds is 4. The van der Waals surface area contributed by atoms with Crippen molar-refractivity contribution in [3.05, 3.63) is 52.1 Å². The van der Waals surface area contributed by atoms with Gasteiger partial charge in [0.2, 0.25) is 5.88 Å². The van der Waals surface area contributed by atoms with Crippen LogP contribution in [0.5, 0.6) is 11.6 Å². The van der Waals surface area contributed by atoms with E-state index in [0.29, 0.717) is 16.8 Å². The van der Waals surface area contributed by atoms with Gasteiger partial charge in [0.05, 0.1) is 11.6 Å². The van der Waals surface area contributed by atoms with Crippen LogP contribution in [0.3, 0.4) is 0 Å². The Morgan fingerprint density at radius 1 is 1.32 bits per heavy atom. The number of halogens is 1. The Bertz CT molecular complexity index is 609. The van der Waals surface area contributed by atoms with Crippen LogP contribution in [0, 0.1) is 11.3 Å². The summed E-state index contributed by atoms with van der Waals surface area (Å²) in [5.41, 5.74) is 1.29. The lowest BCUT2D eigenvalue weighted by molar-refractivity contribution is 0.289. The summed E-state index contributed by atoms with van der Waals surface area (Å²) >= 11 is 3.28. The number of benzene rings is 1. The van der Waals surface area contributed by atoms with Gasteiger partial charge in [-0.05, 0) is 21.5 Å². The van der Waals surface area contributed by atoms with E-state index >= 15 is 0 Å². The molecule has 0 atom stereocenters. The summed E-state index contributed by atoms with van der Waals surface area (Å²) in [4.78, 5) is 4.10. The fourth-order valence-corrected chi connectivity index (χ4v) is 2.05. The monoisotopic (exact) mass is 318 g/mol. The van der Waals surface area contributed by atoms with E-state index in [1.165, 1.54) is 7.11 Å². The SMILES string of the molecule is COc1c(Br)cnc(OCc2ccccc2)c1C#N. The van der Waals surface area contributed by atoms with E-state index in [4.69, 9.17) is 9.47 Å². The molecule has 0 amide bonds. The van der Waals surface area contributed by atoms with Crippen LogP contribution in [-0.2, 0) is 6.61 Å². The minimum absolute atomic E-state index is 0.270. The Hall–Kier alpha value is -2.06. The van der Waals surface area contributed by atoms with E-state index in [1.54, 1.807) is 6.20 Å². The number of nitrogens with zero attached hydrogens (tertiary/aromatic N) is 2. The summed E-state index contributed by atoms with van der Waals surface area (Å²) in [5, 5.41) is 9.18. The van der Waals surface area contributed by atoms with Crippen LogP contribution in [0.15, 0.2) is 41.0 Å².